The molecule has 1 aliphatic rings. The van der Waals surface area contributed by atoms with Gasteiger partial charge in [0.2, 0.25) is 10.0 Å². The first kappa shape index (κ1) is 14.4. The Hall–Kier alpha value is -1.03. The molecule has 0 bridgehead atoms. The van der Waals surface area contributed by atoms with Crippen molar-refractivity contribution < 1.29 is 8.42 Å². The predicted molar refractivity (Wildman–Crippen MR) is 76.4 cm³/mol. The second-order valence-corrected chi connectivity index (χ2v) is 8.54. The summed E-state index contributed by atoms with van der Waals surface area (Å²) in [6, 6.07) is 8.17. The molecule has 2 atom stereocenters. The van der Waals surface area contributed by atoms with Crippen molar-refractivity contribution in [2.45, 2.75) is 29.2 Å². The normalized spacial score (nSPS) is 24.9. The smallest absolute Gasteiger partial charge is 0.207 e. The highest BCUT2D eigenvalue weighted by Crippen LogP contribution is 2.28. The number of hydrogen-bond donors (Lipinski definition) is 0. The van der Waals surface area contributed by atoms with E-state index in [2.05, 4.69) is 0 Å². The maximum Gasteiger partial charge on any atom is 0.243 e. The van der Waals surface area contributed by atoms with E-state index in [1.54, 1.807) is 30.0 Å². The first-order valence-corrected chi connectivity index (χ1v) is 8.47. The maximum absolute atomic E-state index is 12.6. The molecule has 19 heavy (non-hydrogen) atoms. The van der Waals surface area contributed by atoms with Crippen LogP contribution in [0.25, 0.3) is 0 Å². The summed E-state index contributed by atoms with van der Waals surface area (Å²) in [5.74, 6) is 0. The number of rotatable bonds is 2. The average Bonchev–Trinajstić information content (AvgIpc) is 2.37. The van der Waals surface area contributed by atoms with E-state index in [0.29, 0.717) is 18.7 Å². The Kier molecular flexibility index (Phi) is 4.19. The lowest BCUT2D eigenvalue weighted by molar-refractivity contribution is 0.405. The van der Waals surface area contributed by atoms with Gasteiger partial charge in [-0.1, -0.05) is 19.9 Å². The van der Waals surface area contributed by atoms with E-state index in [-0.39, 0.29) is 15.4 Å². The summed E-state index contributed by atoms with van der Waals surface area (Å²) in [7, 11) is -3.49. The highest BCUT2D eigenvalue weighted by Gasteiger charge is 2.32. The van der Waals surface area contributed by atoms with Crippen LogP contribution in [0.15, 0.2) is 29.2 Å². The number of benzene rings is 1. The second kappa shape index (κ2) is 5.53. The van der Waals surface area contributed by atoms with Gasteiger partial charge in [-0.15, -0.1) is 0 Å². The van der Waals surface area contributed by atoms with Gasteiger partial charge in [0.1, 0.15) is 0 Å². The van der Waals surface area contributed by atoms with Crippen molar-refractivity contribution >= 4 is 21.8 Å². The Morgan fingerprint density at radius 2 is 1.95 bits per heavy atom. The van der Waals surface area contributed by atoms with E-state index in [9.17, 15) is 8.42 Å². The van der Waals surface area contributed by atoms with Crippen LogP contribution in [0.2, 0.25) is 0 Å². The van der Waals surface area contributed by atoms with Crippen LogP contribution in [0.3, 0.4) is 0 Å². The number of sulfonamides is 1. The maximum atomic E-state index is 12.6. The molecule has 102 valence electrons. The lowest BCUT2D eigenvalue weighted by Crippen LogP contribution is -2.43. The Bertz CT molecular complexity index is 597. The molecule has 1 aromatic carbocycles. The molecule has 0 amide bonds. The van der Waals surface area contributed by atoms with Crippen LogP contribution in [-0.4, -0.2) is 36.3 Å². The van der Waals surface area contributed by atoms with Gasteiger partial charge in [0.05, 0.1) is 16.5 Å². The lowest BCUT2D eigenvalue weighted by atomic mass is 10.2. The molecule has 1 aliphatic heterocycles. The first-order chi connectivity index (χ1) is 8.93. The van der Waals surface area contributed by atoms with E-state index in [4.69, 9.17) is 5.26 Å². The van der Waals surface area contributed by atoms with Gasteiger partial charge in [0.15, 0.2) is 0 Å². The van der Waals surface area contributed by atoms with Crippen molar-refractivity contribution in [2.24, 2.45) is 0 Å². The summed E-state index contributed by atoms with van der Waals surface area (Å²) >= 11 is 1.81. The van der Waals surface area contributed by atoms with Crippen molar-refractivity contribution in [3.8, 4) is 6.07 Å². The van der Waals surface area contributed by atoms with Gasteiger partial charge in [0.25, 0.3) is 0 Å². The average molecular weight is 296 g/mol. The molecule has 0 aromatic heterocycles. The van der Waals surface area contributed by atoms with Gasteiger partial charge in [-0.3, -0.25) is 0 Å². The third-order valence-corrected chi connectivity index (χ3v) is 6.04. The molecular formula is C13H16N2O2S2. The van der Waals surface area contributed by atoms with Gasteiger partial charge in [-0.05, 0) is 18.2 Å². The van der Waals surface area contributed by atoms with Crippen molar-refractivity contribution in [2.75, 3.05) is 13.1 Å². The predicted octanol–water partition coefficient (Wildman–Crippen LogP) is 2.07. The van der Waals surface area contributed by atoms with Gasteiger partial charge in [0, 0.05) is 23.6 Å². The molecule has 1 fully saturated rings. The third kappa shape index (κ3) is 3.11. The summed E-state index contributed by atoms with van der Waals surface area (Å²) in [6.07, 6.45) is 0. The SMILES string of the molecule is CC1CN(S(=O)(=O)c2cccc(C#N)c2)CC(C)S1. The number of hydrogen-bond acceptors (Lipinski definition) is 4. The molecule has 1 heterocycles. The Labute approximate surface area is 118 Å². The fourth-order valence-electron chi connectivity index (χ4n) is 2.20. The monoisotopic (exact) mass is 296 g/mol. The topological polar surface area (TPSA) is 61.2 Å². The number of nitriles is 1. The van der Waals surface area contributed by atoms with Crippen molar-refractivity contribution in [3.63, 3.8) is 0 Å². The standard InChI is InChI=1S/C13H16N2O2S2/c1-10-8-15(9-11(2)18-10)19(16,17)13-5-3-4-12(6-13)7-14/h3-6,10-11H,8-9H2,1-2H3. The second-order valence-electron chi connectivity index (χ2n) is 4.72. The summed E-state index contributed by atoms with van der Waals surface area (Å²) in [4.78, 5) is 0.206. The van der Waals surface area contributed by atoms with Crippen LogP contribution in [0.5, 0.6) is 0 Å². The van der Waals surface area contributed by atoms with Crippen LogP contribution < -0.4 is 0 Å². The lowest BCUT2D eigenvalue weighted by Gasteiger charge is -2.33. The van der Waals surface area contributed by atoms with Gasteiger partial charge in [-0.25, -0.2) is 8.42 Å². The van der Waals surface area contributed by atoms with Crippen LogP contribution >= 0.6 is 11.8 Å². The summed E-state index contributed by atoms with van der Waals surface area (Å²) < 4.78 is 26.6. The van der Waals surface area contributed by atoms with Crippen molar-refractivity contribution in [1.29, 1.82) is 5.26 Å². The van der Waals surface area contributed by atoms with Crippen LogP contribution in [-0.2, 0) is 10.0 Å². The molecule has 0 spiro atoms. The van der Waals surface area contributed by atoms with Crippen molar-refractivity contribution in [1.82, 2.24) is 4.31 Å². The molecule has 1 saturated heterocycles. The summed E-state index contributed by atoms with van der Waals surface area (Å²) in [5.41, 5.74) is 0.369. The quantitative estimate of drug-likeness (QED) is 0.838. The van der Waals surface area contributed by atoms with Gasteiger partial charge >= 0.3 is 0 Å². The highest BCUT2D eigenvalue weighted by atomic mass is 32.2. The largest absolute Gasteiger partial charge is 0.243 e. The Morgan fingerprint density at radius 1 is 1.32 bits per heavy atom. The molecule has 4 nitrogen and oxygen atoms in total. The Morgan fingerprint density at radius 3 is 2.53 bits per heavy atom. The molecule has 0 saturated carbocycles. The summed E-state index contributed by atoms with van der Waals surface area (Å²) in [6.45, 7) is 5.12. The van der Waals surface area contributed by atoms with E-state index < -0.39 is 10.0 Å². The van der Waals surface area contributed by atoms with Crippen molar-refractivity contribution in [3.05, 3.63) is 29.8 Å². The molecule has 0 radical (unpaired) electrons. The third-order valence-electron chi connectivity index (χ3n) is 2.99. The molecule has 2 unspecified atom stereocenters. The molecule has 2 rings (SSSR count). The minimum atomic E-state index is -3.49. The minimum absolute atomic E-state index is 0.206. The van der Waals surface area contributed by atoms with Crippen LogP contribution in [0, 0.1) is 11.3 Å². The van der Waals surface area contributed by atoms with Crippen LogP contribution in [0.4, 0.5) is 0 Å². The number of nitrogens with zero attached hydrogens (tertiary/aromatic N) is 2. The fourth-order valence-corrected chi connectivity index (χ4v) is 5.38. The minimum Gasteiger partial charge on any atom is -0.207 e. The molecular weight excluding hydrogens is 280 g/mol. The first-order valence-electron chi connectivity index (χ1n) is 6.09. The zero-order valence-corrected chi connectivity index (χ0v) is 12.5. The molecule has 0 aliphatic carbocycles. The van der Waals surface area contributed by atoms with E-state index in [1.807, 2.05) is 19.9 Å². The van der Waals surface area contributed by atoms with Gasteiger partial charge in [-0.2, -0.15) is 21.3 Å². The molecule has 0 N–H and O–H groups in total. The molecule has 6 heteroatoms. The zero-order chi connectivity index (χ0) is 14.0. The van der Waals surface area contributed by atoms with Crippen LogP contribution in [0.1, 0.15) is 19.4 Å². The zero-order valence-electron chi connectivity index (χ0n) is 10.9. The molecule has 1 aromatic rings. The van der Waals surface area contributed by atoms with Gasteiger partial charge < -0.3 is 0 Å². The fraction of sp³-hybridized carbons (Fsp3) is 0.462. The van der Waals surface area contributed by atoms with E-state index in [1.165, 1.54) is 10.4 Å². The summed E-state index contributed by atoms with van der Waals surface area (Å²) in [5, 5.41) is 9.44. The van der Waals surface area contributed by atoms with E-state index >= 15 is 0 Å². The van der Waals surface area contributed by atoms with E-state index in [0.717, 1.165) is 0 Å². The highest BCUT2D eigenvalue weighted by molar-refractivity contribution is 8.00. The Balaban J connectivity index is 2.34. The number of thioether (sulfide) groups is 1.